The summed E-state index contributed by atoms with van der Waals surface area (Å²) in [4.78, 5) is 23.5. The molecule has 1 aromatic rings. The van der Waals surface area contributed by atoms with Gasteiger partial charge in [0.15, 0.2) is 5.76 Å². The summed E-state index contributed by atoms with van der Waals surface area (Å²) in [5, 5.41) is 25.4. The van der Waals surface area contributed by atoms with Gasteiger partial charge in [-0.2, -0.15) is 0 Å². The van der Waals surface area contributed by atoms with E-state index >= 15 is 0 Å². The average Bonchev–Trinajstić information content (AvgIpc) is 3.08. The van der Waals surface area contributed by atoms with Gasteiger partial charge in [0, 0.05) is 12.6 Å². The van der Waals surface area contributed by atoms with Gasteiger partial charge < -0.3 is 30.0 Å². The van der Waals surface area contributed by atoms with Crippen molar-refractivity contribution in [1.82, 2.24) is 10.6 Å². The molecule has 0 bridgehead atoms. The Morgan fingerprint density at radius 1 is 1.22 bits per heavy atom. The van der Waals surface area contributed by atoms with Crippen molar-refractivity contribution in [2.45, 2.75) is 49.7 Å². The first-order valence-electron chi connectivity index (χ1n) is 7.67. The summed E-state index contributed by atoms with van der Waals surface area (Å²) < 4.78 is 10.5. The van der Waals surface area contributed by atoms with E-state index in [2.05, 4.69) is 10.6 Å². The average molecular weight is 324 g/mol. The topological polar surface area (TPSA) is 121 Å². The molecule has 3 rings (SSSR count). The van der Waals surface area contributed by atoms with Gasteiger partial charge in [0.25, 0.3) is 5.91 Å². The molecule has 0 spiro atoms. The van der Waals surface area contributed by atoms with Gasteiger partial charge in [-0.05, 0) is 25.0 Å². The van der Waals surface area contributed by atoms with Crippen molar-refractivity contribution in [3.63, 3.8) is 0 Å². The van der Waals surface area contributed by atoms with Crippen LogP contribution in [0.25, 0.3) is 0 Å². The lowest BCUT2D eigenvalue weighted by molar-refractivity contribution is -0.125. The molecule has 4 N–H and O–H groups in total. The van der Waals surface area contributed by atoms with Crippen LogP contribution in [0.15, 0.2) is 22.8 Å². The second kappa shape index (κ2) is 6.69. The summed E-state index contributed by atoms with van der Waals surface area (Å²) >= 11 is 0. The van der Waals surface area contributed by atoms with Crippen molar-refractivity contribution < 1.29 is 29.0 Å². The third-order valence-electron chi connectivity index (χ3n) is 4.00. The number of carbonyl (C=O) groups excluding carboxylic acids is 2. The van der Waals surface area contributed by atoms with Crippen LogP contribution in [0.1, 0.15) is 29.8 Å². The van der Waals surface area contributed by atoms with E-state index in [1.165, 1.54) is 12.3 Å². The minimum atomic E-state index is -1.16. The zero-order valence-electron chi connectivity index (χ0n) is 12.5. The highest BCUT2D eigenvalue weighted by molar-refractivity contribution is 5.91. The van der Waals surface area contributed by atoms with Gasteiger partial charge in [-0.1, -0.05) is 0 Å². The minimum absolute atomic E-state index is 0.0124. The summed E-state index contributed by atoms with van der Waals surface area (Å²) in [6, 6.07) is 3.34. The molecular weight excluding hydrogens is 304 g/mol. The number of carbonyl (C=O) groups is 2. The van der Waals surface area contributed by atoms with Crippen LogP contribution in [-0.2, 0) is 9.53 Å². The molecule has 1 aliphatic heterocycles. The number of aliphatic hydroxyl groups is 2. The van der Waals surface area contributed by atoms with Crippen molar-refractivity contribution in [3.8, 4) is 0 Å². The van der Waals surface area contributed by atoms with Crippen LogP contribution < -0.4 is 10.6 Å². The highest BCUT2D eigenvalue weighted by Gasteiger charge is 2.43. The third kappa shape index (κ3) is 3.90. The van der Waals surface area contributed by atoms with Gasteiger partial charge in [-0.15, -0.1) is 0 Å². The van der Waals surface area contributed by atoms with Crippen LogP contribution in [0, 0.1) is 0 Å². The van der Waals surface area contributed by atoms with Crippen molar-refractivity contribution in [2.75, 3.05) is 6.54 Å². The number of ether oxygens (including phenoxy) is 1. The van der Waals surface area contributed by atoms with Gasteiger partial charge in [0.1, 0.15) is 18.3 Å². The standard InChI is InChI=1S/C15H20N2O6/c18-12(17-8-3-4-8)6-10-13(19)14(20)11(23-10)7-16-15(21)9-2-1-5-22-9/h1-2,5,8,10-11,13-14,19-20H,3-4,6-7H2,(H,16,21)(H,17,18)/t10-,11+,13-,14+/m0/s1. The van der Waals surface area contributed by atoms with Crippen molar-refractivity contribution in [3.05, 3.63) is 24.2 Å². The molecule has 0 aromatic carbocycles. The summed E-state index contributed by atoms with van der Waals surface area (Å²) in [6.45, 7) is 0.0124. The van der Waals surface area contributed by atoms with E-state index < -0.39 is 30.3 Å². The Morgan fingerprint density at radius 2 is 1.96 bits per heavy atom. The van der Waals surface area contributed by atoms with Crippen LogP contribution in [0.3, 0.4) is 0 Å². The molecule has 2 heterocycles. The Bertz CT molecular complexity index is 556. The van der Waals surface area contributed by atoms with E-state index in [0.717, 1.165) is 12.8 Å². The molecule has 1 aromatic heterocycles. The molecule has 8 nitrogen and oxygen atoms in total. The highest BCUT2D eigenvalue weighted by atomic mass is 16.5. The number of hydrogen-bond donors (Lipinski definition) is 4. The van der Waals surface area contributed by atoms with E-state index in [9.17, 15) is 19.8 Å². The van der Waals surface area contributed by atoms with Crippen LogP contribution >= 0.6 is 0 Å². The number of aliphatic hydroxyl groups excluding tert-OH is 2. The molecule has 4 atom stereocenters. The third-order valence-corrected chi connectivity index (χ3v) is 4.00. The molecule has 1 aliphatic carbocycles. The number of amides is 2. The Balaban J connectivity index is 1.48. The second-order valence-electron chi connectivity index (χ2n) is 5.93. The van der Waals surface area contributed by atoms with Crippen molar-refractivity contribution in [1.29, 1.82) is 0 Å². The number of furan rings is 1. The normalized spacial score (nSPS) is 30.2. The minimum Gasteiger partial charge on any atom is -0.459 e. The van der Waals surface area contributed by atoms with Crippen molar-refractivity contribution in [2.24, 2.45) is 0 Å². The Hall–Kier alpha value is -1.90. The predicted octanol–water partition coefficient (Wildman–Crippen LogP) is -0.833. The van der Waals surface area contributed by atoms with Gasteiger partial charge in [0.2, 0.25) is 5.91 Å². The van der Waals surface area contributed by atoms with Crippen LogP contribution in [0.5, 0.6) is 0 Å². The van der Waals surface area contributed by atoms with Gasteiger partial charge in [-0.3, -0.25) is 9.59 Å². The Kier molecular flexibility index (Phi) is 4.65. The molecule has 23 heavy (non-hydrogen) atoms. The van der Waals surface area contributed by atoms with Gasteiger partial charge in [-0.25, -0.2) is 0 Å². The number of nitrogens with one attached hydrogen (secondary N) is 2. The first-order valence-corrected chi connectivity index (χ1v) is 7.67. The van der Waals surface area contributed by atoms with E-state index in [4.69, 9.17) is 9.15 Å². The molecule has 126 valence electrons. The maximum atomic E-state index is 11.8. The lowest BCUT2D eigenvalue weighted by Crippen LogP contribution is -2.40. The maximum absolute atomic E-state index is 11.8. The summed E-state index contributed by atoms with van der Waals surface area (Å²) in [5.74, 6) is -0.488. The quantitative estimate of drug-likeness (QED) is 0.542. The lowest BCUT2D eigenvalue weighted by Gasteiger charge is -2.14. The zero-order valence-corrected chi connectivity index (χ0v) is 12.5. The lowest BCUT2D eigenvalue weighted by atomic mass is 10.1. The number of hydrogen-bond acceptors (Lipinski definition) is 6. The molecule has 0 unspecified atom stereocenters. The first kappa shape index (κ1) is 16.0. The fraction of sp³-hybridized carbons (Fsp3) is 0.600. The Morgan fingerprint density at radius 3 is 2.61 bits per heavy atom. The number of rotatable bonds is 6. The van der Waals surface area contributed by atoms with E-state index in [-0.39, 0.29) is 30.7 Å². The zero-order chi connectivity index (χ0) is 16.4. The Labute approximate surface area is 132 Å². The van der Waals surface area contributed by atoms with Gasteiger partial charge >= 0.3 is 0 Å². The van der Waals surface area contributed by atoms with E-state index in [1.54, 1.807) is 6.07 Å². The molecule has 1 saturated heterocycles. The highest BCUT2D eigenvalue weighted by Crippen LogP contribution is 2.24. The van der Waals surface area contributed by atoms with E-state index in [0.29, 0.717) is 0 Å². The van der Waals surface area contributed by atoms with Crippen LogP contribution in [0.4, 0.5) is 0 Å². The summed E-state index contributed by atoms with van der Waals surface area (Å²) in [6.07, 6.45) is -0.563. The molecule has 2 aliphatic rings. The fourth-order valence-electron chi connectivity index (χ4n) is 2.55. The molecular formula is C15H20N2O6. The van der Waals surface area contributed by atoms with E-state index in [1.807, 2.05) is 0 Å². The monoisotopic (exact) mass is 324 g/mol. The van der Waals surface area contributed by atoms with Gasteiger partial charge in [0.05, 0.1) is 18.8 Å². The molecule has 2 fully saturated rings. The molecule has 8 heteroatoms. The molecule has 0 radical (unpaired) electrons. The first-order chi connectivity index (χ1) is 11.0. The van der Waals surface area contributed by atoms with Crippen LogP contribution in [-0.4, -0.2) is 59.0 Å². The summed E-state index contributed by atoms with van der Waals surface area (Å²) in [5.41, 5.74) is 0. The molecule has 2 amide bonds. The maximum Gasteiger partial charge on any atom is 0.287 e. The largest absolute Gasteiger partial charge is 0.459 e. The SMILES string of the molecule is O=C(C[C@@H]1O[C@H](CNC(=O)c2ccco2)[C@@H](O)[C@H]1O)NC1CC1. The van der Waals surface area contributed by atoms with Crippen LogP contribution in [0.2, 0.25) is 0 Å². The predicted molar refractivity (Wildman–Crippen MR) is 77.5 cm³/mol. The second-order valence-corrected chi connectivity index (χ2v) is 5.93. The fourth-order valence-corrected chi connectivity index (χ4v) is 2.55. The smallest absolute Gasteiger partial charge is 0.287 e. The summed E-state index contributed by atoms with van der Waals surface area (Å²) in [7, 11) is 0. The molecule has 1 saturated carbocycles. The van der Waals surface area contributed by atoms with Crippen molar-refractivity contribution >= 4 is 11.8 Å².